The molecule has 1 saturated carbocycles. The predicted molar refractivity (Wildman–Crippen MR) is 59.5 cm³/mol. The lowest BCUT2D eigenvalue weighted by Gasteiger charge is -2.23. The van der Waals surface area contributed by atoms with Crippen LogP contribution in [-0.4, -0.2) is 18.3 Å². The fourth-order valence-electron chi connectivity index (χ4n) is 2.03. The quantitative estimate of drug-likeness (QED) is 0.705. The number of amides is 1. The number of hydrogen-bond acceptors (Lipinski definition) is 1. The molecule has 1 fully saturated rings. The Labute approximate surface area is 91.4 Å². The second-order valence-electron chi connectivity index (χ2n) is 4.59. The Balaban J connectivity index is 2.15. The highest BCUT2D eigenvalue weighted by atomic mass is 35.5. The molecule has 0 aromatic rings. The van der Waals surface area contributed by atoms with Crippen LogP contribution in [0.4, 0.5) is 0 Å². The molecule has 0 aromatic carbocycles. The van der Waals surface area contributed by atoms with Gasteiger partial charge in [0.1, 0.15) is 0 Å². The lowest BCUT2D eigenvalue weighted by Crippen LogP contribution is -2.33. The van der Waals surface area contributed by atoms with E-state index in [9.17, 15) is 4.79 Å². The van der Waals surface area contributed by atoms with E-state index in [-0.39, 0.29) is 5.91 Å². The van der Waals surface area contributed by atoms with Crippen LogP contribution in [0.5, 0.6) is 0 Å². The zero-order valence-corrected chi connectivity index (χ0v) is 9.70. The van der Waals surface area contributed by atoms with Gasteiger partial charge in [0, 0.05) is 18.8 Å². The summed E-state index contributed by atoms with van der Waals surface area (Å²) in [4.78, 5) is 11.3. The lowest BCUT2D eigenvalue weighted by molar-refractivity contribution is -0.121. The van der Waals surface area contributed by atoms with Gasteiger partial charge in [-0.3, -0.25) is 4.79 Å². The summed E-state index contributed by atoms with van der Waals surface area (Å²) in [5.74, 6) is 0.726. The van der Waals surface area contributed by atoms with Gasteiger partial charge in [0.05, 0.1) is 0 Å². The molecule has 3 heteroatoms. The third-order valence-corrected chi connectivity index (χ3v) is 3.33. The van der Waals surface area contributed by atoms with E-state index in [0.29, 0.717) is 17.7 Å². The fraction of sp³-hybridized carbons (Fsp3) is 0.909. The third-order valence-electron chi connectivity index (χ3n) is 3.06. The average Bonchev–Trinajstić information content (AvgIpc) is 2.60. The number of halogens is 1. The zero-order chi connectivity index (χ0) is 10.4. The molecule has 14 heavy (non-hydrogen) atoms. The minimum Gasteiger partial charge on any atom is -0.356 e. The van der Waals surface area contributed by atoms with E-state index in [4.69, 9.17) is 11.6 Å². The summed E-state index contributed by atoms with van der Waals surface area (Å²) >= 11 is 5.52. The first kappa shape index (κ1) is 11.8. The van der Waals surface area contributed by atoms with Crippen molar-refractivity contribution in [3.05, 3.63) is 0 Å². The van der Waals surface area contributed by atoms with Crippen LogP contribution in [0.25, 0.3) is 0 Å². The van der Waals surface area contributed by atoms with Crippen LogP contribution in [0.3, 0.4) is 0 Å². The Kier molecular flexibility index (Phi) is 4.73. The molecule has 0 aliphatic heterocycles. The highest BCUT2D eigenvalue weighted by Gasteiger charge is 2.28. The molecule has 0 unspecified atom stereocenters. The molecule has 1 amide bonds. The van der Waals surface area contributed by atoms with Gasteiger partial charge >= 0.3 is 0 Å². The Hall–Kier alpha value is -0.240. The molecular weight excluding hydrogens is 198 g/mol. The van der Waals surface area contributed by atoms with Gasteiger partial charge in [-0.05, 0) is 24.7 Å². The molecule has 0 aromatic heterocycles. The topological polar surface area (TPSA) is 29.1 Å². The van der Waals surface area contributed by atoms with Gasteiger partial charge in [-0.1, -0.05) is 19.8 Å². The van der Waals surface area contributed by atoms with E-state index in [1.54, 1.807) is 0 Å². The first-order chi connectivity index (χ1) is 6.66. The summed E-state index contributed by atoms with van der Waals surface area (Å²) in [6, 6.07) is 0. The second-order valence-corrected chi connectivity index (χ2v) is 4.96. The molecule has 1 rings (SSSR count). The van der Waals surface area contributed by atoms with Crippen molar-refractivity contribution in [1.82, 2.24) is 5.32 Å². The van der Waals surface area contributed by atoms with Crippen molar-refractivity contribution in [1.29, 1.82) is 0 Å². The van der Waals surface area contributed by atoms with Crippen molar-refractivity contribution in [2.24, 2.45) is 5.41 Å². The number of carbonyl (C=O) groups is 1. The van der Waals surface area contributed by atoms with Crippen LogP contribution in [0.15, 0.2) is 0 Å². The minimum atomic E-state index is 0.152. The van der Waals surface area contributed by atoms with Gasteiger partial charge < -0.3 is 5.32 Å². The van der Waals surface area contributed by atoms with Gasteiger partial charge in [0.2, 0.25) is 5.91 Å². The number of alkyl halides is 1. The number of carbonyl (C=O) groups excluding carboxylic acids is 1. The van der Waals surface area contributed by atoms with Crippen LogP contribution in [0.2, 0.25) is 0 Å². The van der Waals surface area contributed by atoms with Crippen molar-refractivity contribution in [3.63, 3.8) is 0 Å². The largest absolute Gasteiger partial charge is 0.356 e. The number of nitrogens with one attached hydrogen (secondary N) is 1. The molecule has 0 bridgehead atoms. The molecule has 1 aliphatic carbocycles. The van der Waals surface area contributed by atoms with E-state index < -0.39 is 0 Å². The molecule has 1 aliphatic rings. The van der Waals surface area contributed by atoms with E-state index >= 15 is 0 Å². The Morgan fingerprint density at radius 1 is 1.43 bits per heavy atom. The number of hydrogen-bond donors (Lipinski definition) is 1. The summed E-state index contributed by atoms with van der Waals surface area (Å²) in [6.07, 6.45) is 6.48. The minimum absolute atomic E-state index is 0.152. The number of rotatable bonds is 5. The third kappa shape index (κ3) is 3.87. The SMILES string of the molecule is CC1(CNC(=O)CCCCl)CCCC1. The second kappa shape index (κ2) is 5.59. The summed E-state index contributed by atoms with van der Waals surface area (Å²) in [7, 11) is 0. The van der Waals surface area contributed by atoms with Crippen LogP contribution >= 0.6 is 11.6 Å². The molecule has 0 spiro atoms. The molecule has 82 valence electrons. The summed E-state index contributed by atoms with van der Waals surface area (Å²) in [5.41, 5.74) is 0.358. The van der Waals surface area contributed by atoms with Gasteiger partial charge in [0.25, 0.3) is 0 Å². The molecule has 2 nitrogen and oxygen atoms in total. The molecule has 0 heterocycles. The smallest absolute Gasteiger partial charge is 0.220 e. The maximum atomic E-state index is 11.3. The lowest BCUT2D eigenvalue weighted by atomic mass is 9.89. The van der Waals surface area contributed by atoms with E-state index in [0.717, 1.165) is 13.0 Å². The van der Waals surface area contributed by atoms with Crippen LogP contribution in [0, 0.1) is 5.41 Å². The van der Waals surface area contributed by atoms with Crippen molar-refractivity contribution < 1.29 is 4.79 Å². The Morgan fingerprint density at radius 3 is 2.64 bits per heavy atom. The summed E-state index contributed by atoms with van der Waals surface area (Å²) in [6.45, 7) is 3.11. The standard InChI is InChI=1S/C11H20ClNO/c1-11(6-2-3-7-11)9-13-10(14)5-4-8-12/h2-9H2,1H3,(H,13,14). The highest BCUT2D eigenvalue weighted by Crippen LogP contribution is 2.36. The van der Waals surface area contributed by atoms with Gasteiger partial charge in [-0.25, -0.2) is 0 Å². The maximum absolute atomic E-state index is 11.3. The molecule has 1 N–H and O–H groups in total. The normalized spacial score (nSPS) is 19.6. The molecule has 0 saturated heterocycles. The van der Waals surface area contributed by atoms with Gasteiger partial charge in [0.15, 0.2) is 0 Å². The van der Waals surface area contributed by atoms with Crippen molar-refractivity contribution in [2.45, 2.75) is 45.4 Å². The van der Waals surface area contributed by atoms with Gasteiger partial charge in [-0.2, -0.15) is 0 Å². The summed E-state index contributed by atoms with van der Waals surface area (Å²) < 4.78 is 0. The van der Waals surface area contributed by atoms with Crippen LogP contribution < -0.4 is 5.32 Å². The summed E-state index contributed by atoms with van der Waals surface area (Å²) in [5, 5.41) is 3.00. The van der Waals surface area contributed by atoms with Crippen LogP contribution in [-0.2, 0) is 4.79 Å². The van der Waals surface area contributed by atoms with E-state index in [1.807, 2.05) is 0 Å². The monoisotopic (exact) mass is 217 g/mol. The molecular formula is C11H20ClNO. The molecule has 0 atom stereocenters. The highest BCUT2D eigenvalue weighted by molar-refractivity contribution is 6.17. The van der Waals surface area contributed by atoms with Crippen molar-refractivity contribution in [3.8, 4) is 0 Å². The van der Waals surface area contributed by atoms with E-state index in [1.165, 1.54) is 25.7 Å². The van der Waals surface area contributed by atoms with Crippen molar-refractivity contribution in [2.75, 3.05) is 12.4 Å². The van der Waals surface area contributed by atoms with E-state index in [2.05, 4.69) is 12.2 Å². The van der Waals surface area contributed by atoms with Crippen molar-refractivity contribution >= 4 is 17.5 Å². The Morgan fingerprint density at radius 2 is 2.07 bits per heavy atom. The average molecular weight is 218 g/mol. The van der Waals surface area contributed by atoms with Crippen LogP contribution in [0.1, 0.15) is 45.4 Å². The Bertz CT molecular complexity index is 188. The zero-order valence-electron chi connectivity index (χ0n) is 8.94. The first-order valence-electron chi connectivity index (χ1n) is 5.49. The fourth-order valence-corrected chi connectivity index (χ4v) is 2.17. The molecule has 0 radical (unpaired) electrons. The maximum Gasteiger partial charge on any atom is 0.220 e. The van der Waals surface area contributed by atoms with Gasteiger partial charge in [-0.15, -0.1) is 11.6 Å². The predicted octanol–water partition coefficient (Wildman–Crippen LogP) is 2.70. The first-order valence-corrected chi connectivity index (χ1v) is 6.02.